The van der Waals surface area contributed by atoms with Crippen molar-refractivity contribution in [3.63, 3.8) is 0 Å². The Labute approximate surface area is 82.9 Å². The first-order valence-corrected chi connectivity index (χ1v) is 4.76. The van der Waals surface area contributed by atoms with Crippen LogP contribution in [0.25, 0.3) is 0 Å². The van der Waals surface area contributed by atoms with Gasteiger partial charge in [-0.1, -0.05) is 0 Å². The topological polar surface area (TPSA) is 83.6 Å². The number of primary amides is 1. The number of amides is 1. The van der Waals surface area contributed by atoms with E-state index < -0.39 is 17.9 Å². The molecular weight excluding hydrogens is 184 g/mol. The van der Waals surface area contributed by atoms with E-state index in [1.807, 2.05) is 0 Å². The monoisotopic (exact) mass is 200 g/mol. The molecule has 0 aliphatic heterocycles. The van der Waals surface area contributed by atoms with Crippen molar-refractivity contribution in [2.24, 2.45) is 11.7 Å². The third-order valence-electron chi connectivity index (χ3n) is 2.49. The number of nitrogens with zero attached hydrogens (tertiary/aromatic N) is 1. The van der Waals surface area contributed by atoms with Crippen LogP contribution in [0.1, 0.15) is 19.8 Å². The van der Waals surface area contributed by atoms with Gasteiger partial charge in [0.1, 0.15) is 0 Å². The average molecular weight is 200 g/mol. The Morgan fingerprint density at radius 3 is 2.50 bits per heavy atom. The summed E-state index contributed by atoms with van der Waals surface area (Å²) in [6.45, 7) is 2.20. The van der Waals surface area contributed by atoms with Gasteiger partial charge in [-0.05, 0) is 25.7 Å². The van der Waals surface area contributed by atoms with Gasteiger partial charge in [0.05, 0.1) is 12.6 Å². The summed E-state index contributed by atoms with van der Waals surface area (Å²) >= 11 is 0. The smallest absolute Gasteiger partial charge is 0.317 e. The van der Waals surface area contributed by atoms with Crippen molar-refractivity contribution >= 4 is 11.9 Å². The predicted molar refractivity (Wildman–Crippen MR) is 50.6 cm³/mol. The quantitative estimate of drug-likeness (QED) is 0.614. The number of carboxylic acid groups (broad SMARTS) is 1. The molecule has 1 rings (SSSR count). The molecule has 0 radical (unpaired) electrons. The Balaban J connectivity index is 2.49. The van der Waals surface area contributed by atoms with E-state index in [4.69, 9.17) is 10.8 Å². The van der Waals surface area contributed by atoms with E-state index in [2.05, 4.69) is 0 Å². The van der Waals surface area contributed by atoms with Crippen LogP contribution >= 0.6 is 0 Å². The highest BCUT2D eigenvalue weighted by Gasteiger charge is 2.29. The summed E-state index contributed by atoms with van der Waals surface area (Å²) in [6, 6.07) is -0.494. The van der Waals surface area contributed by atoms with Gasteiger partial charge in [0, 0.05) is 6.54 Å². The minimum absolute atomic E-state index is 0.111. The van der Waals surface area contributed by atoms with E-state index in [0.29, 0.717) is 12.5 Å². The SMILES string of the molecule is CC(C(N)=O)N(CC(=O)O)CC1CC1. The lowest BCUT2D eigenvalue weighted by atomic mass is 10.2. The molecular formula is C9H16N2O3. The van der Waals surface area contributed by atoms with Gasteiger partial charge in [0.2, 0.25) is 5.91 Å². The summed E-state index contributed by atoms with van der Waals surface area (Å²) < 4.78 is 0. The molecule has 0 bridgehead atoms. The second kappa shape index (κ2) is 4.41. The Kier molecular flexibility index (Phi) is 3.46. The summed E-state index contributed by atoms with van der Waals surface area (Å²) in [5, 5.41) is 8.65. The normalized spacial score (nSPS) is 18.1. The zero-order chi connectivity index (χ0) is 10.7. The first-order valence-electron chi connectivity index (χ1n) is 4.76. The van der Waals surface area contributed by atoms with Gasteiger partial charge < -0.3 is 10.8 Å². The number of aliphatic carboxylic acids is 1. The Bertz CT molecular complexity index is 238. The molecule has 14 heavy (non-hydrogen) atoms. The van der Waals surface area contributed by atoms with E-state index in [1.165, 1.54) is 0 Å². The fraction of sp³-hybridized carbons (Fsp3) is 0.778. The molecule has 1 unspecified atom stereocenters. The zero-order valence-electron chi connectivity index (χ0n) is 8.27. The number of carbonyl (C=O) groups is 2. The molecule has 0 saturated heterocycles. The fourth-order valence-electron chi connectivity index (χ4n) is 1.35. The molecule has 1 atom stereocenters. The molecule has 5 nitrogen and oxygen atoms in total. The maximum Gasteiger partial charge on any atom is 0.317 e. The maximum atomic E-state index is 10.9. The largest absolute Gasteiger partial charge is 0.480 e. The number of hydrogen-bond donors (Lipinski definition) is 2. The zero-order valence-corrected chi connectivity index (χ0v) is 8.27. The van der Waals surface area contributed by atoms with Gasteiger partial charge >= 0.3 is 5.97 Å². The second-order valence-electron chi connectivity index (χ2n) is 3.84. The van der Waals surface area contributed by atoms with Crippen LogP contribution in [0.3, 0.4) is 0 Å². The molecule has 1 amide bonds. The van der Waals surface area contributed by atoms with Gasteiger partial charge in [0.25, 0.3) is 0 Å². The standard InChI is InChI=1S/C9H16N2O3/c1-6(9(10)14)11(5-8(12)13)4-7-2-3-7/h6-7H,2-5H2,1H3,(H2,10,14)(H,12,13). The van der Waals surface area contributed by atoms with Gasteiger partial charge in [-0.3, -0.25) is 14.5 Å². The molecule has 1 fully saturated rings. The molecule has 0 aromatic heterocycles. The Hall–Kier alpha value is -1.10. The van der Waals surface area contributed by atoms with Crippen LogP contribution in [0, 0.1) is 5.92 Å². The molecule has 3 N–H and O–H groups in total. The Morgan fingerprint density at radius 1 is 1.57 bits per heavy atom. The highest BCUT2D eigenvalue weighted by molar-refractivity contribution is 5.80. The highest BCUT2D eigenvalue weighted by atomic mass is 16.4. The van der Waals surface area contributed by atoms with Crippen molar-refractivity contribution in [2.75, 3.05) is 13.1 Å². The number of carboxylic acids is 1. The molecule has 0 spiro atoms. The third kappa shape index (κ3) is 3.33. The summed E-state index contributed by atoms with van der Waals surface area (Å²) in [7, 11) is 0. The molecule has 1 aliphatic rings. The lowest BCUT2D eigenvalue weighted by molar-refractivity contribution is -0.139. The van der Waals surface area contributed by atoms with Crippen molar-refractivity contribution in [1.82, 2.24) is 4.90 Å². The summed E-state index contributed by atoms with van der Waals surface area (Å²) in [5.74, 6) is -0.832. The van der Waals surface area contributed by atoms with E-state index in [9.17, 15) is 9.59 Å². The molecule has 80 valence electrons. The summed E-state index contributed by atoms with van der Waals surface area (Å²) in [4.78, 5) is 23.1. The minimum Gasteiger partial charge on any atom is -0.480 e. The van der Waals surface area contributed by atoms with Gasteiger partial charge in [-0.2, -0.15) is 0 Å². The molecule has 5 heteroatoms. The van der Waals surface area contributed by atoms with Crippen LogP contribution < -0.4 is 5.73 Å². The summed E-state index contributed by atoms with van der Waals surface area (Å²) in [5.41, 5.74) is 5.14. The van der Waals surface area contributed by atoms with Crippen LogP contribution in [0.5, 0.6) is 0 Å². The van der Waals surface area contributed by atoms with Crippen LogP contribution in [0.2, 0.25) is 0 Å². The van der Waals surface area contributed by atoms with Crippen LogP contribution in [-0.4, -0.2) is 41.0 Å². The highest BCUT2D eigenvalue weighted by Crippen LogP contribution is 2.30. The van der Waals surface area contributed by atoms with Crippen molar-refractivity contribution in [1.29, 1.82) is 0 Å². The molecule has 1 saturated carbocycles. The number of hydrogen-bond acceptors (Lipinski definition) is 3. The van der Waals surface area contributed by atoms with Crippen LogP contribution in [0.15, 0.2) is 0 Å². The second-order valence-corrected chi connectivity index (χ2v) is 3.84. The lowest BCUT2D eigenvalue weighted by Crippen LogP contribution is -2.46. The van der Waals surface area contributed by atoms with Crippen molar-refractivity contribution in [3.8, 4) is 0 Å². The van der Waals surface area contributed by atoms with E-state index >= 15 is 0 Å². The first-order chi connectivity index (χ1) is 6.50. The fourth-order valence-corrected chi connectivity index (χ4v) is 1.35. The maximum absolute atomic E-state index is 10.9. The first kappa shape index (κ1) is 11.0. The Morgan fingerprint density at radius 2 is 2.14 bits per heavy atom. The van der Waals surface area contributed by atoms with Crippen molar-refractivity contribution in [3.05, 3.63) is 0 Å². The molecule has 0 aromatic rings. The predicted octanol–water partition coefficient (Wildman–Crippen LogP) is -0.343. The van der Waals surface area contributed by atoms with Gasteiger partial charge in [-0.15, -0.1) is 0 Å². The van der Waals surface area contributed by atoms with Gasteiger partial charge in [-0.25, -0.2) is 0 Å². The lowest BCUT2D eigenvalue weighted by Gasteiger charge is -2.24. The average Bonchev–Trinajstić information content (AvgIpc) is 2.84. The van der Waals surface area contributed by atoms with E-state index in [1.54, 1.807) is 11.8 Å². The van der Waals surface area contributed by atoms with Crippen molar-refractivity contribution < 1.29 is 14.7 Å². The van der Waals surface area contributed by atoms with E-state index in [0.717, 1.165) is 12.8 Å². The van der Waals surface area contributed by atoms with Crippen molar-refractivity contribution in [2.45, 2.75) is 25.8 Å². The van der Waals surface area contributed by atoms with Crippen LogP contribution in [0.4, 0.5) is 0 Å². The van der Waals surface area contributed by atoms with Crippen LogP contribution in [-0.2, 0) is 9.59 Å². The minimum atomic E-state index is -0.918. The molecule has 0 aromatic carbocycles. The number of carbonyl (C=O) groups excluding carboxylic acids is 1. The third-order valence-corrected chi connectivity index (χ3v) is 2.49. The molecule has 1 aliphatic carbocycles. The molecule has 0 heterocycles. The number of nitrogens with two attached hydrogens (primary N) is 1. The number of rotatable bonds is 6. The van der Waals surface area contributed by atoms with Gasteiger partial charge in [0.15, 0.2) is 0 Å². The van der Waals surface area contributed by atoms with E-state index in [-0.39, 0.29) is 6.54 Å². The summed E-state index contributed by atoms with van der Waals surface area (Å²) in [6.07, 6.45) is 2.25.